The Labute approximate surface area is 109 Å². The van der Waals surface area contributed by atoms with Gasteiger partial charge in [0.25, 0.3) is 0 Å². The summed E-state index contributed by atoms with van der Waals surface area (Å²) in [6.45, 7) is 0.611. The molecule has 2 aromatic rings. The summed E-state index contributed by atoms with van der Waals surface area (Å²) in [4.78, 5) is 4.52. The number of hydrogen-bond acceptors (Lipinski definition) is 4. The minimum absolute atomic E-state index is 0.611. The smallest absolute Gasteiger partial charge is 0.128 e. The third-order valence-electron chi connectivity index (χ3n) is 2.35. The summed E-state index contributed by atoms with van der Waals surface area (Å²) >= 11 is 7.60. The van der Waals surface area contributed by atoms with Gasteiger partial charge in [-0.1, -0.05) is 11.6 Å². The molecule has 0 spiro atoms. The molecule has 0 aliphatic heterocycles. The summed E-state index contributed by atoms with van der Waals surface area (Å²) < 4.78 is 5.31. The van der Waals surface area contributed by atoms with Crippen LogP contribution in [0.15, 0.2) is 23.6 Å². The van der Waals surface area contributed by atoms with Crippen LogP contribution in [0, 0.1) is 0 Å². The molecular formula is C12H13ClN2OS. The monoisotopic (exact) mass is 268 g/mol. The van der Waals surface area contributed by atoms with Crippen molar-refractivity contribution < 1.29 is 4.74 Å². The van der Waals surface area contributed by atoms with E-state index in [9.17, 15) is 0 Å². The van der Waals surface area contributed by atoms with Gasteiger partial charge in [-0.25, -0.2) is 4.98 Å². The van der Waals surface area contributed by atoms with Gasteiger partial charge >= 0.3 is 0 Å². The number of halogens is 1. The van der Waals surface area contributed by atoms with Crippen LogP contribution in [0.25, 0.3) is 11.3 Å². The zero-order chi connectivity index (χ0) is 12.3. The van der Waals surface area contributed by atoms with Crippen molar-refractivity contribution in [1.82, 2.24) is 4.98 Å². The lowest BCUT2D eigenvalue weighted by Gasteiger charge is -2.06. The van der Waals surface area contributed by atoms with Crippen LogP contribution in [0.1, 0.15) is 5.01 Å². The number of methoxy groups -OCH3 is 1. The molecule has 1 heterocycles. The van der Waals surface area contributed by atoms with E-state index in [-0.39, 0.29) is 0 Å². The Morgan fingerprint density at radius 1 is 1.47 bits per heavy atom. The molecule has 0 unspecified atom stereocenters. The highest BCUT2D eigenvalue weighted by atomic mass is 35.5. The van der Waals surface area contributed by atoms with Crippen molar-refractivity contribution in [1.29, 1.82) is 0 Å². The van der Waals surface area contributed by atoms with E-state index >= 15 is 0 Å². The molecule has 5 heteroatoms. The molecule has 0 aliphatic carbocycles. The van der Waals surface area contributed by atoms with Crippen molar-refractivity contribution in [3.63, 3.8) is 0 Å². The van der Waals surface area contributed by atoms with Crippen LogP contribution in [0.4, 0.5) is 0 Å². The second kappa shape index (κ2) is 5.49. The number of rotatable bonds is 4. The van der Waals surface area contributed by atoms with Gasteiger partial charge in [-0.3, -0.25) is 0 Å². The van der Waals surface area contributed by atoms with Crippen molar-refractivity contribution >= 4 is 22.9 Å². The van der Waals surface area contributed by atoms with Gasteiger partial charge in [0.05, 0.1) is 17.8 Å². The van der Waals surface area contributed by atoms with Gasteiger partial charge < -0.3 is 10.5 Å². The molecule has 0 radical (unpaired) electrons. The molecule has 0 bridgehead atoms. The van der Waals surface area contributed by atoms with Crippen molar-refractivity contribution in [2.24, 2.45) is 5.73 Å². The van der Waals surface area contributed by atoms with Gasteiger partial charge in [-0.05, 0) is 24.7 Å². The molecule has 0 fully saturated rings. The fraction of sp³-hybridized carbons (Fsp3) is 0.250. The molecular weight excluding hydrogens is 256 g/mol. The molecule has 17 heavy (non-hydrogen) atoms. The third kappa shape index (κ3) is 2.77. The number of thiazole rings is 1. The van der Waals surface area contributed by atoms with Crippen molar-refractivity contribution in [2.75, 3.05) is 13.7 Å². The number of hydrogen-bond donors (Lipinski definition) is 1. The SMILES string of the molecule is COc1ccc(Cl)cc1-c1csc(CCN)n1. The van der Waals surface area contributed by atoms with Crippen LogP contribution in [0.3, 0.4) is 0 Å². The van der Waals surface area contributed by atoms with Crippen molar-refractivity contribution in [3.05, 3.63) is 33.6 Å². The number of benzene rings is 1. The standard InChI is InChI=1S/C12H13ClN2OS/c1-16-11-3-2-8(13)6-9(11)10-7-17-12(15-10)4-5-14/h2-3,6-7H,4-5,14H2,1H3. The van der Waals surface area contributed by atoms with E-state index in [1.165, 1.54) is 0 Å². The minimum atomic E-state index is 0.611. The molecule has 1 aromatic carbocycles. The lowest BCUT2D eigenvalue weighted by molar-refractivity contribution is 0.416. The largest absolute Gasteiger partial charge is 0.496 e. The molecule has 0 aliphatic rings. The molecule has 0 saturated carbocycles. The quantitative estimate of drug-likeness (QED) is 0.927. The summed E-state index contributed by atoms with van der Waals surface area (Å²) in [5.41, 5.74) is 7.31. The van der Waals surface area contributed by atoms with E-state index in [0.717, 1.165) is 28.4 Å². The molecule has 0 saturated heterocycles. The molecule has 1 aromatic heterocycles. The van der Waals surface area contributed by atoms with Crippen molar-refractivity contribution in [2.45, 2.75) is 6.42 Å². The second-order valence-electron chi connectivity index (χ2n) is 3.51. The normalized spacial score (nSPS) is 10.5. The average molecular weight is 269 g/mol. The fourth-order valence-electron chi connectivity index (χ4n) is 1.55. The predicted octanol–water partition coefficient (Wildman–Crippen LogP) is 2.97. The minimum Gasteiger partial charge on any atom is -0.496 e. The highest BCUT2D eigenvalue weighted by Crippen LogP contribution is 2.33. The maximum absolute atomic E-state index is 5.99. The third-order valence-corrected chi connectivity index (χ3v) is 3.49. The Bertz CT molecular complexity index is 513. The number of nitrogens with zero attached hydrogens (tertiary/aromatic N) is 1. The highest BCUT2D eigenvalue weighted by Gasteiger charge is 2.10. The Balaban J connectivity index is 2.40. The highest BCUT2D eigenvalue weighted by molar-refractivity contribution is 7.09. The van der Waals surface area contributed by atoms with Crippen LogP contribution >= 0.6 is 22.9 Å². The zero-order valence-corrected chi connectivity index (χ0v) is 11.0. The lowest BCUT2D eigenvalue weighted by Crippen LogP contribution is -2.02. The number of aromatic nitrogens is 1. The van der Waals surface area contributed by atoms with E-state index < -0.39 is 0 Å². The first-order valence-corrected chi connectivity index (χ1v) is 6.48. The molecule has 3 nitrogen and oxygen atoms in total. The zero-order valence-electron chi connectivity index (χ0n) is 9.44. The van der Waals surface area contributed by atoms with Crippen LogP contribution in [0.2, 0.25) is 5.02 Å². The number of nitrogens with two attached hydrogens (primary N) is 1. The Kier molecular flexibility index (Phi) is 3.99. The topological polar surface area (TPSA) is 48.1 Å². The summed E-state index contributed by atoms with van der Waals surface area (Å²) in [5.74, 6) is 0.777. The summed E-state index contributed by atoms with van der Waals surface area (Å²) in [6, 6.07) is 5.51. The van der Waals surface area contributed by atoms with Gasteiger partial charge in [-0.15, -0.1) is 11.3 Å². The van der Waals surface area contributed by atoms with Crippen LogP contribution in [-0.4, -0.2) is 18.6 Å². The summed E-state index contributed by atoms with van der Waals surface area (Å²) in [6.07, 6.45) is 0.799. The maximum atomic E-state index is 5.99. The Morgan fingerprint density at radius 2 is 2.29 bits per heavy atom. The summed E-state index contributed by atoms with van der Waals surface area (Å²) in [5, 5.41) is 3.71. The molecule has 90 valence electrons. The van der Waals surface area contributed by atoms with Crippen LogP contribution < -0.4 is 10.5 Å². The predicted molar refractivity (Wildman–Crippen MR) is 71.9 cm³/mol. The first-order valence-electron chi connectivity index (χ1n) is 5.23. The molecule has 0 amide bonds. The number of ether oxygens (including phenoxy) is 1. The van der Waals surface area contributed by atoms with Gasteiger partial charge in [0, 0.05) is 22.4 Å². The lowest BCUT2D eigenvalue weighted by atomic mass is 10.1. The maximum Gasteiger partial charge on any atom is 0.128 e. The average Bonchev–Trinajstić information content (AvgIpc) is 2.78. The van der Waals surface area contributed by atoms with Gasteiger partial charge in [0.1, 0.15) is 5.75 Å². The van der Waals surface area contributed by atoms with Gasteiger partial charge in [0.2, 0.25) is 0 Å². The van der Waals surface area contributed by atoms with E-state index in [1.54, 1.807) is 24.5 Å². The Hall–Kier alpha value is -1.10. The van der Waals surface area contributed by atoms with Crippen molar-refractivity contribution in [3.8, 4) is 17.0 Å². The molecule has 2 rings (SSSR count). The summed E-state index contributed by atoms with van der Waals surface area (Å²) in [7, 11) is 1.64. The van der Waals surface area contributed by atoms with Crippen LogP contribution in [0.5, 0.6) is 5.75 Å². The van der Waals surface area contributed by atoms with Gasteiger partial charge in [-0.2, -0.15) is 0 Å². The van der Waals surface area contributed by atoms with E-state index in [1.807, 2.05) is 17.5 Å². The molecule has 0 atom stereocenters. The van der Waals surface area contributed by atoms with E-state index in [4.69, 9.17) is 22.1 Å². The Morgan fingerprint density at radius 3 is 3.00 bits per heavy atom. The van der Waals surface area contributed by atoms with Gasteiger partial charge in [0.15, 0.2) is 0 Å². The van der Waals surface area contributed by atoms with Crippen LogP contribution in [-0.2, 0) is 6.42 Å². The fourth-order valence-corrected chi connectivity index (χ4v) is 2.54. The van der Waals surface area contributed by atoms with E-state index in [0.29, 0.717) is 11.6 Å². The molecule has 2 N–H and O–H groups in total. The second-order valence-corrected chi connectivity index (χ2v) is 4.89. The van der Waals surface area contributed by atoms with E-state index in [2.05, 4.69) is 4.98 Å². The first-order chi connectivity index (χ1) is 8.24. The first kappa shape index (κ1) is 12.4.